The maximum atomic E-state index is 13.8. The van der Waals surface area contributed by atoms with Crippen molar-refractivity contribution in [3.8, 4) is 0 Å². The van der Waals surface area contributed by atoms with E-state index in [0.717, 1.165) is 11.5 Å². The Morgan fingerprint density at radius 2 is 1.95 bits per heavy atom. The molecular formula is C16H10BrF2NO2. The lowest BCUT2D eigenvalue weighted by molar-refractivity contribution is 0.0997. The predicted octanol–water partition coefficient (Wildman–Crippen LogP) is 5.03. The number of hydrogen-bond donors (Lipinski definition) is 1. The fourth-order valence-electron chi connectivity index (χ4n) is 2.22. The second kappa shape index (κ2) is 5.53. The fourth-order valence-corrected chi connectivity index (χ4v) is 2.73. The van der Waals surface area contributed by atoms with Gasteiger partial charge in [-0.05, 0) is 35.0 Å². The molecule has 0 fully saturated rings. The van der Waals surface area contributed by atoms with Crippen LogP contribution < -0.4 is 5.32 Å². The first-order chi connectivity index (χ1) is 10.5. The number of furan rings is 1. The summed E-state index contributed by atoms with van der Waals surface area (Å²) in [7, 11) is 0. The number of aryl methyl sites for hydroxylation is 1. The monoisotopic (exact) mass is 365 g/mol. The van der Waals surface area contributed by atoms with Gasteiger partial charge in [0.15, 0.2) is 11.6 Å². The van der Waals surface area contributed by atoms with Crippen LogP contribution in [0.2, 0.25) is 0 Å². The van der Waals surface area contributed by atoms with E-state index in [-0.39, 0.29) is 15.9 Å². The average molecular weight is 366 g/mol. The smallest absolute Gasteiger partial charge is 0.291 e. The molecule has 0 bridgehead atoms. The first-order valence-corrected chi connectivity index (χ1v) is 7.20. The zero-order valence-electron chi connectivity index (χ0n) is 11.4. The molecular weight excluding hydrogens is 356 g/mol. The number of benzene rings is 2. The van der Waals surface area contributed by atoms with Gasteiger partial charge in [0.1, 0.15) is 11.4 Å². The average Bonchev–Trinajstić information content (AvgIpc) is 2.80. The number of para-hydroxylation sites is 1. The highest BCUT2D eigenvalue weighted by molar-refractivity contribution is 9.10. The second-order valence-corrected chi connectivity index (χ2v) is 5.61. The Hall–Kier alpha value is -2.21. The molecule has 0 aliphatic heterocycles. The van der Waals surface area contributed by atoms with Crippen LogP contribution in [0.4, 0.5) is 14.5 Å². The Bertz CT molecular complexity index is 866. The van der Waals surface area contributed by atoms with Crippen LogP contribution in [0.1, 0.15) is 16.1 Å². The maximum Gasteiger partial charge on any atom is 0.291 e. The zero-order valence-corrected chi connectivity index (χ0v) is 13.0. The summed E-state index contributed by atoms with van der Waals surface area (Å²) < 4.78 is 32.5. The molecule has 0 atom stereocenters. The number of carbonyl (C=O) groups excluding carboxylic acids is 1. The van der Waals surface area contributed by atoms with Gasteiger partial charge in [-0.1, -0.05) is 18.2 Å². The van der Waals surface area contributed by atoms with Gasteiger partial charge in [0.25, 0.3) is 5.91 Å². The Morgan fingerprint density at radius 3 is 2.64 bits per heavy atom. The molecule has 2 aromatic carbocycles. The second-order valence-electron chi connectivity index (χ2n) is 4.75. The summed E-state index contributed by atoms with van der Waals surface area (Å²) in [5.41, 5.74) is 1.10. The largest absolute Gasteiger partial charge is 0.451 e. The van der Waals surface area contributed by atoms with Gasteiger partial charge in [0.05, 0.1) is 5.69 Å². The molecule has 0 saturated carbocycles. The molecule has 0 aliphatic carbocycles. The minimum Gasteiger partial charge on any atom is -0.451 e. The van der Waals surface area contributed by atoms with Crippen molar-refractivity contribution in [3.63, 3.8) is 0 Å². The zero-order chi connectivity index (χ0) is 15.9. The van der Waals surface area contributed by atoms with Gasteiger partial charge in [-0.2, -0.15) is 0 Å². The number of hydrogen-bond acceptors (Lipinski definition) is 2. The molecule has 1 heterocycles. The van der Waals surface area contributed by atoms with E-state index in [1.54, 1.807) is 19.1 Å². The first kappa shape index (κ1) is 14.7. The molecule has 0 saturated heterocycles. The van der Waals surface area contributed by atoms with Crippen molar-refractivity contribution >= 4 is 38.5 Å². The minimum absolute atomic E-state index is 0.0943. The SMILES string of the molecule is Cc1c(C(=O)Nc2c(F)cc(F)cc2Br)oc2ccccc12. The van der Waals surface area contributed by atoms with Crippen LogP contribution in [0, 0.1) is 18.6 Å². The van der Waals surface area contributed by atoms with Crippen LogP contribution >= 0.6 is 15.9 Å². The van der Waals surface area contributed by atoms with Crippen molar-refractivity contribution in [1.82, 2.24) is 0 Å². The van der Waals surface area contributed by atoms with E-state index in [1.165, 1.54) is 0 Å². The molecule has 0 spiro atoms. The molecule has 0 radical (unpaired) electrons. The molecule has 3 rings (SSSR count). The highest BCUT2D eigenvalue weighted by Crippen LogP contribution is 2.29. The lowest BCUT2D eigenvalue weighted by atomic mass is 10.1. The van der Waals surface area contributed by atoms with Crippen LogP contribution in [0.3, 0.4) is 0 Å². The van der Waals surface area contributed by atoms with Gasteiger partial charge >= 0.3 is 0 Å². The molecule has 1 aromatic heterocycles. The van der Waals surface area contributed by atoms with E-state index >= 15 is 0 Å². The molecule has 3 aromatic rings. The van der Waals surface area contributed by atoms with Crippen molar-refractivity contribution in [2.24, 2.45) is 0 Å². The van der Waals surface area contributed by atoms with Crippen LogP contribution in [0.15, 0.2) is 45.3 Å². The molecule has 3 nitrogen and oxygen atoms in total. The first-order valence-electron chi connectivity index (χ1n) is 6.41. The van der Waals surface area contributed by atoms with E-state index in [1.807, 2.05) is 12.1 Å². The predicted molar refractivity (Wildman–Crippen MR) is 83.0 cm³/mol. The third kappa shape index (κ3) is 2.50. The fraction of sp³-hybridized carbons (Fsp3) is 0.0625. The summed E-state index contributed by atoms with van der Waals surface area (Å²) in [6.45, 7) is 1.75. The Morgan fingerprint density at radius 1 is 1.23 bits per heavy atom. The number of fused-ring (bicyclic) bond motifs is 1. The van der Waals surface area contributed by atoms with Crippen LogP contribution in [-0.2, 0) is 0 Å². The number of halogens is 3. The number of nitrogens with one attached hydrogen (secondary N) is 1. The van der Waals surface area contributed by atoms with Gasteiger partial charge in [-0.25, -0.2) is 8.78 Å². The highest BCUT2D eigenvalue weighted by atomic mass is 79.9. The Labute approximate surface area is 133 Å². The van der Waals surface area contributed by atoms with Crippen molar-refractivity contribution in [2.45, 2.75) is 6.92 Å². The van der Waals surface area contributed by atoms with Crippen LogP contribution in [0.25, 0.3) is 11.0 Å². The lowest BCUT2D eigenvalue weighted by Gasteiger charge is -2.08. The topological polar surface area (TPSA) is 42.2 Å². The van der Waals surface area contributed by atoms with E-state index in [4.69, 9.17) is 4.42 Å². The molecule has 0 unspecified atom stereocenters. The number of anilines is 1. The summed E-state index contributed by atoms with van der Waals surface area (Å²) in [4.78, 5) is 12.3. The van der Waals surface area contributed by atoms with Crippen molar-refractivity contribution < 1.29 is 18.0 Å². The highest BCUT2D eigenvalue weighted by Gasteiger charge is 2.20. The van der Waals surface area contributed by atoms with Crippen molar-refractivity contribution in [2.75, 3.05) is 5.32 Å². The van der Waals surface area contributed by atoms with E-state index in [2.05, 4.69) is 21.2 Å². The quantitative estimate of drug-likeness (QED) is 0.691. The minimum atomic E-state index is -0.867. The van der Waals surface area contributed by atoms with E-state index in [0.29, 0.717) is 17.2 Å². The molecule has 1 N–H and O–H groups in total. The third-order valence-electron chi connectivity index (χ3n) is 3.30. The number of amides is 1. The maximum absolute atomic E-state index is 13.8. The van der Waals surface area contributed by atoms with Gasteiger partial charge in [0.2, 0.25) is 0 Å². The molecule has 6 heteroatoms. The number of rotatable bonds is 2. The van der Waals surface area contributed by atoms with E-state index in [9.17, 15) is 13.6 Å². The molecule has 0 aliphatic rings. The third-order valence-corrected chi connectivity index (χ3v) is 3.92. The molecule has 22 heavy (non-hydrogen) atoms. The normalized spacial score (nSPS) is 10.9. The van der Waals surface area contributed by atoms with Crippen molar-refractivity contribution in [3.05, 3.63) is 63.8 Å². The van der Waals surface area contributed by atoms with Gasteiger partial charge in [0, 0.05) is 21.5 Å². The summed E-state index contributed by atoms with van der Waals surface area (Å²) in [6, 6.07) is 8.98. The Balaban J connectivity index is 1.99. The summed E-state index contributed by atoms with van der Waals surface area (Å²) >= 11 is 3.03. The molecule has 112 valence electrons. The van der Waals surface area contributed by atoms with Gasteiger partial charge in [-0.15, -0.1) is 0 Å². The van der Waals surface area contributed by atoms with Gasteiger partial charge < -0.3 is 9.73 Å². The van der Waals surface area contributed by atoms with Crippen LogP contribution in [0.5, 0.6) is 0 Å². The number of carbonyl (C=O) groups is 1. The summed E-state index contributed by atoms with van der Waals surface area (Å²) in [6.07, 6.45) is 0. The summed E-state index contributed by atoms with van der Waals surface area (Å²) in [5, 5.41) is 3.21. The van der Waals surface area contributed by atoms with E-state index < -0.39 is 17.5 Å². The Kier molecular flexibility index (Phi) is 3.70. The lowest BCUT2D eigenvalue weighted by Crippen LogP contribution is -2.14. The summed E-state index contributed by atoms with van der Waals surface area (Å²) in [5.74, 6) is -2.10. The van der Waals surface area contributed by atoms with Crippen LogP contribution in [-0.4, -0.2) is 5.91 Å². The standard InChI is InChI=1S/C16H10BrF2NO2/c1-8-10-4-2-3-5-13(10)22-15(8)16(21)20-14-11(17)6-9(18)7-12(14)19/h2-7H,1H3,(H,20,21). The molecule has 1 amide bonds. The van der Waals surface area contributed by atoms with Gasteiger partial charge in [-0.3, -0.25) is 4.79 Å². The van der Waals surface area contributed by atoms with Crippen molar-refractivity contribution in [1.29, 1.82) is 0 Å².